The van der Waals surface area contributed by atoms with E-state index in [0.717, 1.165) is 18.4 Å². The lowest BCUT2D eigenvalue weighted by molar-refractivity contribution is 0.0549. The van der Waals surface area contributed by atoms with Gasteiger partial charge in [0, 0.05) is 13.8 Å². The number of ether oxygens (including phenoxy) is 2. The molecule has 1 heterocycles. The van der Waals surface area contributed by atoms with Crippen LogP contribution in [0.2, 0.25) is 0 Å². The van der Waals surface area contributed by atoms with E-state index < -0.39 is 11.7 Å². The van der Waals surface area contributed by atoms with Gasteiger partial charge in [0.1, 0.15) is 18.0 Å². The van der Waals surface area contributed by atoms with Crippen LogP contribution in [0.4, 0.5) is 4.79 Å². The highest BCUT2D eigenvalue weighted by molar-refractivity contribution is 6.46. The van der Waals surface area contributed by atoms with Crippen LogP contribution in [0, 0.1) is 0 Å². The van der Waals surface area contributed by atoms with Crippen LogP contribution in [-0.2, 0) is 11.3 Å². The molecule has 145 valence electrons. The molecule has 7 heteroatoms. The second kappa shape index (κ2) is 8.29. The summed E-state index contributed by atoms with van der Waals surface area (Å²) in [5.74, 6) is 0.687. The van der Waals surface area contributed by atoms with Crippen molar-refractivity contribution in [2.24, 2.45) is 0 Å². The number of carbonyl (C=O) groups excluding carboxylic acids is 1. The normalized spacial score (nSPS) is 11.0. The minimum Gasteiger partial charge on any atom is -0.489 e. The summed E-state index contributed by atoms with van der Waals surface area (Å²) in [7, 11) is 0.897. The van der Waals surface area contributed by atoms with Crippen molar-refractivity contribution >= 4 is 30.1 Å². The molecule has 0 atom stereocenters. The maximum atomic E-state index is 12.5. The molecule has 0 saturated carbocycles. The van der Waals surface area contributed by atoms with Gasteiger partial charge in [-0.1, -0.05) is 30.3 Å². The van der Waals surface area contributed by atoms with Crippen LogP contribution < -0.4 is 10.3 Å². The number of hydrogen-bond donors (Lipinski definition) is 1. The zero-order chi connectivity index (χ0) is 18.7. The van der Waals surface area contributed by atoms with E-state index in [1.54, 1.807) is 39.0 Å². The standard InChI is InChI=1S/C20H21BNO4.H2O.2H2/c1-20(2,3)26-19(23)22-17-10-9-16(11-15(17)12-18(22)21-24)25-13-14-7-5-4-6-8-14;;;/h4-12,24H,13H2,1-3H3;1H2;2*1H. The summed E-state index contributed by atoms with van der Waals surface area (Å²) >= 11 is 0. The molecule has 0 aliphatic rings. The quantitative estimate of drug-likeness (QED) is 0.713. The van der Waals surface area contributed by atoms with Crippen molar-refractivity contribution in [2.75, 3.05) is 0 Å². The van der Waals surface area contributed by atoms with Crippen LogP contribution in [0.3, 0.4) is 0 Å². The van der Waals surface area contributed by atoms with E-state index in [9.17, 15) is 9.82 Å². The zero-order valence-electron chi connectivity index (χ0n) is 15.6. The second-order valence-electron chi connectivity index (χ2n) is 7.01. The average molecular weight is 372 g/mol. The minimum atomic E-state index is -0.626. The van der Waals surface area contributed by atoms with E-state index >= 15 is 0 Å². The van der Waals surface area contributed by atoms with E-state index in [4.69, 9.17) is 9.47 Å². The minimum absolute atomic E-state index is 0. The lowest BCUT2D eigenvalue weighted by Gasteiger charge is -2.20. The van der Waals surface area contributed by atoms with Gasteiger partial charge in [0.05, 0.1) is 5.52 Å². The lowest BCUT2D eigenvalue weighted by Crippen LogP contribution is -2.34. The maximum Gasteiger partial charge on any atom is 0.418 e. The van der Waals surface area contributed by atoms with Crippen LogP contribution in [0.15, 0.2) is 54.6 Å². The van der Waals surface area contributed by atoms with E-state index in [0.29, 0.717) is 23.5 Å². The second-order valence-corrected chi connectivity index (χ2v) is 7.01. The van der Waals surface area contributed by atoms with Gasteiger partial charge >= 0.3 is 13.6 Å². The summed E-state index contributed by atoms with van der Waals surface area (Å²) in [5, 5.41) is 10.3. The number of rotatable bonds is 4. The van der Waals surface area contributed by atoms with Gasteiger partial charge in [-0.15, -0.1) is 0 Å². The first-order valence-corrected chi connectivity index (χ1v) is 8.40. The molecule has 3 aromatic rings. The molecular formula is C20H27BNO5. The number of benzene rings is 2. The topological polar surface area (TPSA) is 92.2 Å². The first-order valence-electron chi connectivity index (χ1n) is 8.40. The van der Waals surface area contributed by atoms with Crippen molar-refractivity contribution in [3.8, 4) is 5.75 Å². The average Bonchev–Trinajstić information content (AvgIpc) is 2.97. The number of carbonyl (C=O) groups is 1. The third kappa shape index (κ3) is 4.90. The molecule has 3 N–H and O–H groups in total. The van der Waals surface area contributed by atoms with Crippen molar-refractivity contribution in [3.05, 3.63) is 60.2 Å². The summed E-state index contributed by atoms with van der Waals surface area (Å²) in [5.41, 5.74) is 1.45. The fourth-order valence-electron chi connectivity index (χ4n) is 2.65. The molecule has 0 bridgehead atoms. The summed E-state index contributed by atoms with van der Waals surface area (Å²) in [6.45, 7) is 5.86. The van der Waals surface area contributed by atoms with E-state index in [-0.39, 0.29) is 8.33 Å². The van der Waals surface area contributed by atoms with E-state index in [1.807, 2.05) is 36.4 Å². The fraction of sp³-hybridized carbons (Fsp3) is 0.250. The molecular weight excluding hydrogens is 345 g/mol. The highest BCUT2D eigenvalue weighted by Crippen LogP contribution is 2.23. The molecule has 0 saturated heterocycles. The molecule has 27 heavy (non-hydrogen) atoms. The highest BCUT2D eigenvalue weighted by Gasteiger charge is 2.22. The first-order chi connectivity index (χ1) is 12.4. The van der Waals surface area contributed by atoms with Gasteiger partial charge < -0.3 is 20.0 Å². The third-order valence-corrected chi connectivity index (χ3v) is 3.76. The number of fused-ring (bicyclic) bond motifs is 1. The molecule has 6 nitrogen and oxygen atoms in total. The molecule has 0 unspecified atom stereocenters. The monoisotopic (exact) mass is 372 g/mol. The van der Waals surface area contributed by atoms with Crippen molar-refractivity contribution in [1.82, 2.24) is 4.57 Å². The summed E-state index contributed by atoms with van der Waals surface area (Å²) in [6, 6.07) is 17.0. The van der Waals surface area contributed by atoms with Crippen molar-refractivity contribution in [1.29, 1.82) is 0 Å². The van der Waals surface area contributed by atoms with Crippen LogP contribution in [0.25, 0.3) is 10.9 Å². The molecule has 0 amide bonds. The maximum absolute atomic E-state index is 12.5. The number of nitrogens with zero attached hydrogens (tertiary/aromatic N) is 1. The third-order valence-electron chi connectivity index (χ3n) is 3.76. The van der Waals surface area contributed by atoms with Gasteiger partial charge in [-0.05, 0) is 50.6 Å². The molecule has 1 radical (unpaired) electrons. The predicted octanol–water partition coefficient (Wildman–Crippen LogP) is 2.91. The van der Waals surface area contributed by atoms with Gasteiger partial charge in [0.15, 0.2) is 0 Å². The van der Waals surface area contributed by atoms with E-state index in [2.05, 4.69) is 0 Å². The van der Waals surface area contributed by atoms with Gasteiger partial charge in [0.2, 0.25) is 0 Å². The van der Waals surface area contributed by atoms with Crippen LogP contribution >= 0.6 is 0 Å². The lowest BCUT2D eigenvalue weighted by atomic mass is 9.96. The van der Waals surface area contributed by atoms with Crippen LogP contribution in [0.5, 0.6) is 5.75 Å². The van der Waals surface area contributed by atoms with Crippen molar-refractivity contribution < 1.29 is 27.6 Å². The Morgan fingerprint density at radius 3 is 2.48 bits per heavy atom. The number of hydrogen-bond acceptors (Lipinski definition) is 4. The smallest absolute Gasteiger partial charge is 0.418 e. The molecule has 0 spiro atoms. The summed E-state index contributed by atoms with van der Waals surface area (Å²) < 4.78 is 12.6. The highest BCUT2D eigenvalue weighted by atomic mass is 16.6. The van der Waals surface area contributed by atoms with Gasteiger partial charge in [-0.25, -0.2) is 4.79 Å². The molecule has 0 aliphatic heterocycles. The summed E-state index contributed by atoms with van der Waals surface area (Å²) in [4.78, 5) is 12.5. The Kier molecular flexibility index (Phi) is 6.30. The Labute approximate surface area is 161 Å². The summed E-state index contributed by atoms with van der Waals surface area (Å²) in [6.07, 6.45) is -0.536. The van der Waals surface area contributed by atoms with Gasteiger partial charge in [-0.2, -0.15) is 0 Å². The largest absolute Gasteiger partial charge is 0.489 e. The molecule has 3 rings (SSSR count). The Morgan fingerprint density at radius 1 is 1.15 bits per heavy atom. The SMILES string of the molecule is CC(C)(C)OC(=O)n1c([B]O)cc2cc(OCc3ccccc3)ccc21.O.[HH].[HH]. The zero-order valence-corrected chi connectivity index (χ0v) is 15.6. The van der Waals surface area contributed by atoms with Crippen molar-refractivity contribution in [3.63, 3.8) is 0 Å². The molecule has 1 aromatic heterocycles. The van der Waals surface area contributed by atoms with Crippen molar-refractivity contribution in [2.45, 2.75) is 33.0 Å². The van der Waals surface area contributed by atoms with Gasteiger partial charge in [0.25, 0.3) is 0 Å². The first kappa shape index (κ1) is 20.5. The van der Waals surface area contributed by atoms with Crippen LogP contribution in [0.1, 0.15) is 29.2 Å². The Bertz CT molecular complexity index is 926. The number of aromatic nitrogens is 1. The van der Waals surface area contributed by atoms with E-state index in [1.165, 1.54) is 4.57 Å². The molecule has 0 aliphatic carbocycles. The fourth-order valence-corrected chi connectivity index (χ4v) is 2.65. The Balaban J connectivity index is 0.00000261. The predicted molar refractivity (Wildman–Crippen MR) is 110 cm³/mol. The van der Waals surface area contributed by atoms with Crippen LogP contribution in [-0.4, -0.2) is 34.2 Å². The van der Waals surface area contributed by atoms with Gasteiger partial charge in [-0.3, -0.25) is 4.57 Å². The molecule has 2 aromatic carbocycles. The molecule has 0 fully saturated rings. The Hall–Kier alpha value is -2.77. The Morgan fingerprint density at radius 2 is 1.85 bits per heavy atom.